The third-order valence-electron chi connectivity index (χ3n) is 1.31. The summed E-state index contributed by atoms with van der Waals surface area (Å²) in [6, 6.07) is 0. The van der Waals surface area contributed by atoms with Crippen molar-refractivity contribution in [2.45, 2.75) is 0 Å². The molecule has 0 fully saturated rings. The molecular formula is C4H2N8O. The minimum absolute atomic E-state index is 0.0346. The van der Waals surface area contributed by atoms with Gasteiger partial charge in [-0.05, 0) is 10.4 Å². The minimum atomic E-state index is -0.263. The van der Waals surface area contributed by atoms with Crippen LogP contribution in [0.1, 0.15) is 5.69 Å². The van der Waals surface area contributed by atoms with E-state index in [1.54, 1.807) is 0 Å². The van der Waals surface area contributed by atoms with E-state index >= 15 is 0 Å². The van der Waals surface area contributed by atoms with Crippen LogP contribution in [-0.2, 0) is 0 Å². The summed E-state index contributed by atoms with van der Waals surface area (Å²) < 4.78 is 4.81. The van der Waals surface area contributed by atoms with Gasteiger partial charge < -0.3 is 4.74 Å². The van der Waals surface area contributed by atoms with Crippen molar-refractivity contribution in [3.63, 3.8) is 0 Å². The van der Waals surface area contributed by atoms with Crippen molar-refractivity contribution in [2.75, 3.05) is 0 Å². The van der Waals surface area contributed by atoms with Crippen molar-refractivity contribution in [3.05, 3.63) is 5.69 Å². The van der Waals surface area contributed by atoms with Gasteiger partial charge in [0.2, 0.25) is 5.90 Å². The van der Waals surface area contributed by atoms with E-state index in [2.05, 4.69) is 30.9 Å². The quantitative estimate of drug-likeness (QED) is 0.436. The van der Waals surface area contributed by atoms with E-state index in [1.807, 2.05) is 0 Å². The maximum atomic E-state index is 7.26. The lowest BCUT2D eigenvalue weighted by molar-refractivity contribution is 0.515. The first-order chi connectivity index (χ1) is 6.33. The zero-order valence-corrected chi connectivity index (χ0v) is 6.09. The first kappa shape index (κ1) is 7.34. The number of hydrogen-bond donors (Lipinski definition) is 2. The molecule has 2 rings (SSSR count). The molecule has 64 valence electrons. The van der Waals surface area contributed by atoms with Crippen LogP contribution in [0.2, 0.25) is 0 Å². The average molecular weight is 178 g/mol. The van der Waals surface area contributed by atoms with Gasteiger partial charge in [-0.3, -0.25) is 5.41 Å². The van der Waals surface area contributed by atoms with E-state index < -0.39 is 0 Å². The number of ether oxygens (including phenoxy) is 1. The Morgan fingerprint density at radius 3 is 2.77 bits per heavy atom. The zero-order chi connectivity index (χ0) is 9.26. The smallest absolute Gasteiger partial charge is 0.272 e. The number of rotatable bonds is 1. The van der Waals surface area contributed by atoms with Crippen LogP contribution in [-0.4, -0.2) is 32.2 Å². The SMILES string of the molecule is N=N/N=C1\C(=N)Oc2nnnnc21. The van der Waals surface area contributed by atoms with Crippen molar-refractivity contribution in [1.29, 1.82) is 10.9 Å². The molecule has 2 N–H and O–H groups in total. The second kappa shape index (κ2) is 2.62. The molecule has 0 saturated carbocycles. The number of nitrogens with one attached hydrogen (secondary N) is 2. The molecular weight excluding hydrogens is 176 g/mol. The van der Waals surface area contributed by atoms with Crippen molar-refractivity contribution in [3.8, 4) is 5.88 Å². The van der Waals surface area contributed by atoms with Gasteiger partial charge in [0.1, 0.15) is 0 Å². The molecule has 1 aromatic heterocycles. The number of nitrogens with zero attached hydrogens (tertiary/aromatic N) is 6. The Labute approximate surface area is 70.8 Å². The van der Waals surface area contributed by atoms with Crippen LogP contribution in [0, 0.1) is 10.9 Å². The predicted molar refractivity (Wildman–Crippen MR) is 37.7 cm³/mol. The van der Waals surface area contributed by atoms with Crippen molar-refractivity contribution < 1.29 is 4.74 Å². The average Bonchev–Trinajstić information content (AvgIpc) is 2.44. The molecule has 0 atom stereocenters. The highest BCUT2D eigenvalue weighted by atomic mass is 16.5. The molecule has 2 heterocycles. The maximum Gasteiger partial charge on any atom is 0.272 e. The lowest BCUT2D eigenvalue weighted by Crippen LogP contribution is -2.11. The van der Waals surface area contributed by atoms with Gasteiger partial charge in [0.05, 0.1) is 0 Å². The summed E-state index contributed by atoms with van der Waals surface area (Å²) in [6.45, 7) is 0. The Bertz CT molecular complexity index is 410. The molecule has 0 bridgehead atoms. The molecule has 0 spiro atoms. The highest BCUT2D eigenvalue weighted by molar-refractivity contribution is 6.47. The Kier molecular flexibility index (Phi) is 1.48. The van der Waals surface area contributed by atoms with Gasteiger partial charge in [0.15, 0.2) is 11.4 Å². The van der Waals surface area contributed by atoms with Gasteiger partial charge in [-0.15, -0.1) is 10.2 Å². The summed E-state index contributed by atoms with van der Waals surface area (Å²) in [6.07, 6.45) is 0. The van der Waals surface area contributed by atoms with Gasteiger partial charge in [0, 0.05) is 0 Å². The monoisotopic (exact) mass is 178 g/mol. The van der Waals surface area contributed by atoms with Crippen LogP contribution >= 0.6 is 0 Å². The van der Waals surface area contributed by atoms with Crippen LogP contribution in [0.4, 0.5) is 0 Å². The lowest BCUT2D eigenvalue weighted by atomic mass is 10.3. The Balaban J connectivity index is 2.59. The molecule has 9 heteroatoms. The molecule has 1 aromatic rings. The fourth-order valence-electron chi connectivity index (χ4n) is 0.828. The van der Waals surface area contributed by atoms with E-state index in [-0.39, 0.29) is 23.2 Å². The largest absolute Gasteiger partial charge is 0.415 e. The summed E-state index contributed by atoms with van der Waals surface area (Å²) in [5.41, 5.74) is 6.71. The molecule has 0 unspecified atom stereocenters. The van der Waals surface area contributed by atoms with Crippen molar-refractivity contribution in [1.82, 2.24) is 20.6 Å². The Hall–Kier alpha value is -2.32. The second-order valence-electron chi connectivity index (χ2n) is 2.01. The van der Waals surface area contributed by atoms with Gasteiger partial charge in [-0.25, -0.2) is 0 Å². The standard InChI is InChI=1S/C4H2N8O/c5-3-1(7-10-6)2-4(13-3)9-12-11-8-2/h5-6H/b5-3?,7-1-,10-6?. The van der Waals surface area contributed by atoms with Crippen molar-refractivity contribution in [2.24, 2.45) is 10.3 Å². The lowest BCUT2D eigenvalue weighted by Gasteiger charge is -1.87. The predicted octanol–water partition coefficient (Wildman–Crippen LogP) is -0.629. The van der Waals surface area contributed by atoms with E-state index in [0.717, 1.165) is 0 Å². The summed E-state index contributed by atoms with van der Waals surface area (Å²) in [4.78, 5) is 0. The zero-order valence-electron chi connectivity index (χ0n) is 6.09. The van der Waals surface area contributed by atoms with Gasteiger partial charge in [0.25, 0.3) is 5.88 Å². The molecule has 13 heavy (non-hydrogen) atoms. The summed E-state index contributed by atoms with van der Waals surface area (Å²) >= 11 is 0. The van der Waals surface area contributed by atoms with Gasteiger partial charge in [-0.2, -0.15) is 5.53 Å². The Morgan fingerprint density at radius 1 is 1.23 bits per heavy atom. The third kappa shape index (κ3) is 1.02. The topological polar surface area (TPSA) is 133 Å². The molecule has 1 aliphatic heterocycles. The highest BCUT2D eigenvalue weighted by Crippen LogP contribution is 2.19. The molecule has 0 amide bonds. The number of hydrogen-bond acceptors (Lipinski definition) is 8. The minimum Gasteiger partial charge on any atom is -0.415 e. The van der Waals surface area contributed by atoms with Crippen LogP contribution in [0.5, 0.6) is 5.88 Å². The van der Waals surface area contributed by atoms with Crippen molar-refractivity contribution >= 4 is 11.6 Å². The first-order valence-electron chi connectivity index (χ1n) is 3.10. The van der Waals surface area contributed by atoms with Gasteiger partial charge >= 0.3 is 0 Å². The molecule has 1 aliphatic rings. The molecule has 0 aromatic carbocycles. The van der Waals surface area contributed by atoms with Gasteiger partial charge in [-0.1, -0.05) is 10.3 Å². The van der Waals surface area contributed by atoms with E-state index in [9.17, 15) is 0 Å². The van der Waals surface area contributed by atoms with E-state index in [1.165, 1.54) is 0 Å². The number of aromatic nitrogens is 4. The number of fused-ring (bicyclic) bond motifs is 1. The van der Waals surface area contributed by atoms with E-state index in [0.29, 0.717) is 0 Å². The summed E-state index contributed by atoms with van der Waals surface area (Å²) in [5.74, 6) is -0.205. The summed E-state index contributed by atoms with van der Waals surface area (Å²) in [5, 5.41) is 26.9. The highest BCUT2D eigenvalue weighted by Gasteiger charge is 2.30. The third-order valence-corrected chi connectivity index (χ3v) is 1.31. The van der Waals surface area contributed by atoms with Crippen LogP contribution in [0.3, 0.4) is 0 Å². The molecule has 0 radical (unpaired) electrons. The molecule has 0 aliphatic carbocycles. The summed E-state index contributed by atoms with van der Waals surface area (Å²) in [7, 11) is 0. The van der Waals surface area contributed by atoms with Crippen LogP contribution in [0.15, 0.2) is 10.3 Å². The first-order valence-corrected chi connectivity index (χ1v) is 3.10. The maximum absolute atomic E-state index is 7.26. The fraction of sp³-hybridized carbons (Fsp3) is 0. The van der Waals surface area contributed by atoms with Crippen LogP contribution < -0.4 is 4.74 Å². The molecule has 9 nitrogen and oxygen atoms in total. The Morgan fingerprint density at radius 2 is 2.00 bits per heavy atom. The molecule has 0 saturated heterocycles. The fourth-order valence-corrected chi connectivity index (χ4v) is 0.828. The van der Waals surface area contributed by atoms with Crippen LogP contribution in [0.25, 0.3) is 0 Å². The van der Waals surface area contributed by atoms with E-state index in [4.69, 9.17) is 15.7 Å². The normalized spacial score (nSPS) is 16.9. The second-order valence-corrected chi connectivity index (χ2v) is 2.01.